The number of hydrogen-bond donors (Lipinski definition) is 2. The molecule has 3 fully saturated rings. The van der Waals surface area contributed by atoms with E-state index >= 15 is 0 Å². The summed E-state index contributed by atoms with van der Waals surface area (Å²) < 4.78 is 0. The molecule has 8 heteroatoms. The number of carbonyl (C=O) groups excluding carboxylic acids is 1. The lowest BCUT2D eigenvalue weighted by molar-refractivity contribution is 0.0943. The number of pyridine rings is 3. The fourth-order valence-corrected chi connectivity index (χ4v) is 5.10. The number of nitrogens with zero attached hydrogens (tertiary/aromatic N) is 5. The number of fused-ring (bicyclic) bond motifs is 3. The topological polar surface area (TPSA) is 94.5 Å². The summed E-state index contributed by atoms with van der Waals surface area (Å²) >= 11 is 0. The number of aryl methyl sites for hydroxylation is 1. The molecule has 2 N–H and O–H groups in total. The molecule has 2 aliphatic heterocycles. The fourth-order valence-electron chi connectivity index (χ4n) is 5.10. The zero-order valence-corrected chi connectivity index (χ0v) is 18.0. The molecule has 164 valence electrons. The van der Waals surface area contributed by atoms with Crippen LogP contribution in [0.4, 0.5) is 5.82 Å². The highest BCUT2D eigenvalue weighted by Crippen LogP contribution is 2.41. The van der Waals surface area contributed by atoms with E-state index in [4.69, 9.17) is 4.98 Å². The first kappa shape index (κ1) is 19.4. The molecule has 3 aromatic heterocycles. The summed E-state index contributed by atoms with van der Waals surface area (Å²) in [4.78, 5) is 30.9. The SMILES string of the molecule is Cc1ccc(CNC(=O)c2ncc3nc(N4C[C@@H]5C[C@H]4CN5C4CC4)ccc3c2O)cn1. The maximum atomic E-state index is 12.6. The number of nitrogens with one attached hydrogen (secondary N) is 1. The number of rotatable bonds is 5. The highest BCUT2D eigenvalue weighted by Gasteiger charge is 2.48. The first-order valence-corrected chi connectivity index (χ1v) is 11.3. The van der Waals surface area contributed by atoms with Crippen molar-refractivity contribution in [3.05, 3.63) is 53.6 Å². The van der Waals surface area contributed by atoms with Crippen LogP contribution < -0.4 is 10.2 Å². The first-order valence-electron chi connectivity index (χ1n) is 11.3. The lowest BCUT2D eigenvalue weighted by atomic mass is 10.2. The van der Waals surface area contributed by atoms with Gasteiger partial charge in [0.2, 0.25) is 0 Å². The van der Waals surface area contributed by atoms with E-state index in [2.05, 4.69) is 25.1 Å². The minimum Gasteiger partial charge on any atom is -0.505 e. The molecule has 1 saturated carbocycles. The minimum atomic E-state index is -0.425. The Morgan fingerprint density at radius 1 is 1.09 bits per heavy atom. The average Bonchev–Trinajstić information content (AvgIpc) is 3.46. The molecule has 32 heavy (non-hydrogen) atoms. The van der Waals surface area contributed by atoms with E-state index in [1.165, 1.54) is 19.3 Å². The molecule has 8 nitrogen and oxygen atoms in total. The molecule has 2 bridgehead atoms. The molecule has 6 rings (SSSR count). The standard InChI is InChI=1S/C24H26N6O2/c1-14-2-3-15(9-25-14)10-27-24(32)22-23(31)19-6-7-21(28-20(19)11-26-22)30-13-17-8-18(30)12-29(17)16-4-5-16/h2-3,6-7,9,11,16-18,31H,4-5,8,10,12-13H2,1H3,(H,27,32)/t17-,18-/m0/s1. The number of anilines is 1. The van der Waals surface area contributed by atoms with E-state index in [0.29, 0.717) is 29.5 Å². The molecule has 1 amide bonds. The molecule has 0 aromatic carbocycles. The third-order valence-electron chi connectivity index (χ3n) is 6.94. The van der Waals surface area contributed by atoms with Gasteiger partial charge >= 0.3 is 0 Å². The normalized spacial score (nSPS) is 22.6. The lowest BCUT2D eigenvalue weighted by Crippen LogP contribution is -2.47. The summed E-state index contributed by atoms with van der Waals surface area (Å²) in [6, 6.07) is 9.55. The second-order valence-electron chi connectivity index (χ2n) is 9.17. The summed E-state index contributed by atoms with van der Waals surface area (Å²) in [5.41, 5.74) is 2.41. The molecule has 3 aromatic rings. The van der Waals surface area contributed by atoms with Crippen molar-refractivity contribution < 1.29 is 9.90 Å². The smallest absolute Gasteiger partial charge is 0.274 e. The number of aromatic nitrogens is 3. The van der Waals surface area contributed by atoms with Crippen molar-refractivity contribution in [3.63, 3.8) is 0 Å². The van der Waals surface area contributed by atoms with Gasteiger partial charge in [-0.15, -0.1) is 0 Å². The van der Waals surface area contributed by atoms with Crippen molar-refractivity contribution in [2.24, 2.45) is 0 Å². The Balaban J connectivity index is 1.19. The maximum Gasteiger partial charge on any atom is 0.274 e. The van der Waals surface area contributed by atoms with Crippen LogP contribution in [0.3, 0.4) is 0 Å². The van der Waals surface area contributed by atoms with Crippen molar-refractivity contribution in [2.45, 2.75) is 50.9 Å². The summed E-state index contributed by atoms with van der Waals surface area (Å²) in [6.45, 7) is 4.36. The van der Waals surface area contributed by atoms with E-state index < -0.39 is 5.91 Å². The van der Waals surface area contributed by atoms with Gasteiger partial charge in [-0.05, 0) is 49.9 Å². The number of carbonyl (C=O) groups is 1. The Kier molecular flexibility index (Phi) is 4.50. The lowest BCUT2D eigenvalue weighted by Gasteiger charge is -2.35. The van der Waals surface area contributed by atoms with Gasteiger partial charge in [0.15, 0.2) is 11.4 Å². The fraction of sp³-hybridized carbons (Fsp3) is 0.417. The van der Waals surface area contributed by atoms with E-state index in [1.54, 1.807) is 12.4 Å². The zero-order valence-electron chi connectivity index (χ0n) is 18.0. The van der Waals surface area contributed by atoms with E-state index in [1.807, 2.05) is 31.2 Å². The van der Waals surface area contributed by atoms with Crippen molar-refractivity contribution in [3.8, 4) is 5.75 Å². The number of likely N-dealkylation sites (tertiary alicyclic amines) is 1. The second kappa shape index (κ2) is 7.41. The molecule has 3 aliphatic rings. The molecule has 1 aliphatic carbocycles. The Labute approximate surface area is 186 Å². The van der Waals surface area contributed by atoms with Crippen LogP contribution in [0.1, 0.15) is 41.0 Å². The van der Waals surface area contributed by atoms with Crippen LogP contribution in [0.5, 0.6) is 5.75 Å². The summed E-state index contributed by atoms with van der Waals surface area (Å²) in [5, 5.41) is 14.1. The minimum absolute atomic E-state index is 0.00688. The molecular formula is C24H26N6O2. The number of piperazine rings is 1. The van der Waals surface area contributed by atoms with Crippen LogP contribution in [0.25, 0.3) is 10.9 Å². The van der Waals surface area contributed by atoms with Crippen LogP contribution in [0.15, 0.2) is 36.7 Å². The highest BCUT2D eigenvalue weighted by atomic mass is 16.3. The predicted octanol–water partition coefficient (Wildman–Crippen LogP) is 2.39. The Morgan fingerprint density at radius 3 is 2.69 bits per heavy atom. The van der Waals surface area contributed by atoms with Crippen LogP contribution in [-0.4, -0.2) is 62.1 Å². The maximum absolute atomic E-state index is 12.6. The largest absolute Gasteiger partial charge is 0.505 e. The van der Waals surface area contributed by atoms with Gasteiger partial charge < -0.3 is 15.3 Å². The molecule has 5 heterocycles. The van der Waals surface area contributed by atoms with E-state index in [0.717, 1.165) is 36.2 Å². The summed E-state index contributed by atoms with van der Waals surface area (Å²) in [7, 11) is 0. The molecule has 0 unspecified atom stereocenters. The Bertz CT molecular complexity index is 1190. The van der Waals surface area contributed by atoms with Crippen molar-refractivity contribution in [2.75, 3.05) is 18.0 Å². The number of aromatic hydroxyl groups is 1. The summed E-state index contributed by atoms with van der Waals surface area (Å²) in [6.07, 6.45) is 7.20. The van der Waals surface area contributed by atoms with E-state index in [-0.39, 0.29) is 11.4 Å². The van der Waals surface area contributed by atoms with Gasteiger partial charge in [-0.3, -0.25) is 14.7 Å². The van der Waals surface area contributed by atoms with Crippen LogP contribution in [0.2, 0.25) is 0 Å². The molecule has 2 saturated heterocycles. The third kappa shape index (κ3) is 3.35. The second-order valence-corrected chi connectivity index (χ2v) is 9.17. The van der Waals surface area contributed by atoms with Gasteiger partial charge in [-0.25, -0.2) is 9.97 Å². The van der Waals surface area contributed by atoms with Gasteiger partial charge in [0.25, 0.3) is 5.91 Å². The van der Waals surface area contributed by atoms with Crippen molar-refractivity contribution >= 4 is 22.6 Å². The quantitative estimate of drug-likeness (QED) is 0.642. The predicted molar refractivity (Wildman–Crippen MR) is 121 cm³/mol. The highest BCUT2D eigenvalue weighted by molar-refractivity contribution is 6.00. The number of hydrogen-bond acceptors (Lipinski definition) is 7. The van der Waals surface area contributed by atoms with Crippen molar-refractivity contribution in [1.82, 2.24) is 25.2 Å². The van der Waals surface area contributed by atoms with Gasteiger partial charge in [-0.2, -0.15) is 0 Å². The van der Waals surface area contributed by atoms with Gasteiger partial charge in [0, 0.05) is 55.0 Å². The Morgan fingerprint density at radius 2 is 1.97 bits per heavy atom. The zero-order chi connectivity index (χ0) is 21.8. The monoisotopic (exact) mass is 430 g/mol. The van der Waals surface area contributed by atoms with Gasteiger partial charge in [0.1, 0.15) is 5.82 Å². The van der Waals surface area contributed by atoms with Crippen LogP contribution in [-0.2, 0) is 6.54 Å². The van der Waals surface area contributed by atoms with Crippen LogP contribution >= 0.6 is 0 Å². The van der Waals surface area contributed by atoms with Gasteiger partial charge in [0.05, 0.1) is 11.7 Å². The van der Waals surface area contributed by atoms with Crippen LogP contribution in [0, 0.1) is 6.92 Å². The third-order valence-corrected chi connectivity index (χ3v) is 6.94. The Hall–Kier alpha value is -3.26. The van der Waals surface area contributed by atoms with Gasteiger partial charge in [-0.1, -0.05) is 6.07 Å². The van der Waals surface area contributed by atoms with Crippen molar-refractivity contribution in [1.29, 1.82) is 0 Å². The molecule has 2 atom stereocenters. The average molecular weight is 431 g/mol. The molecular weight excluding hydrogens is 404 g/mol. The number of amides is 1. The first-order chi connectivity index (χ1) is 15.6. The van der Waals surface area contributed by atoms with E-state index in [9.17, 15) is 9.90 Å². The molecule has 0 radical (unpaired) electrons. The summed E-state index contributed by atoms with van der Waals surface area (Å²) in [5.74, 6) is 0.362. The molecule has 0 spiro atoms.